The van der Waals surface area contributed by atoms with Gasteiger partial charge in [0.05, 0.1) is 10.9 Å². The van der Waals surface area contributed by atoms with Crippen molar-refractivity contribution in [3.8, 4) is 5.88 Å². The SMILES string of the molecule is Cc1nc2sc([C@H](c3ccc(Br)cc3)N3CCC(Cc4ccccc4)CC3)c(O)n2n1. The fraction of sp³-hybridized carbons (Fsp3) is 0.333. The monoisotopic (exact) mass is 496 g/mol. The Hall–Kier alpha value is -2.22. The molecular formula is C24H25BrN4OS. The maximum Gasteiger partial charge on any atom is 0.230 e. The van der Waals surface area contributed by atoms with Crippen LogP contribution in [0.25, 0.3) is 4.96 Å². The predicted molar refractivity (Wildman–Crippen MR) is 128 cm³/mol. The summed E-state index contributed by atoms with van der Waals surface area (Å²) in [5, 5.41) is 15.4. The fourth-order valence-electron chi connectivity index (χ4n) is 4.56. The minimum atomic E-state index is -0.000388. The largest absolute Gasteiger partial charge is 0.492 e. The van der Waals surface area contributed by atoms with E-state index < -0.39 is 0 Å². The third kappa shape index (κ3) is 4.27. The molecule has 0 unspecified atom stereocenters. The topological polar surface area (TPSA) is 53.7 Å². The zero-order valence-corrected chi connectivity index (χ0v) is 19.8. The summed E-state index contributed by atoms with van der Waals surface area (Å²) in [6.45, 7) is 3.86. The van der Waals surface area contributed by atoms with E-state index in [1.165, 1.54) is 22.5 Å². The molecule has 5 rings (SSSR count). The van der Waals surface area contributed by atoms with Gasteiger partial charge >= 0.3 is 0 Å². The van der Waals surface area contributed by atoms with Crippen molar-refractivity contribution < 1.29 is 5.11 Å². The van der Waals surface area contributed by atoms with Crippen LogP contribution in [0, 0.1) is 12.8 Å². The lowest BCUT2D eigenvalue weighted by Gasteiger charge is -2.37. The summed E-state index contributed by atoms with van der Waals surface area (Å²) in [5.74, 6) is 1.58. The maximum absolute atomic E-state index is 11.0. The Morgan fingerprint density at radius 2 is 1.81 bits per heavy atom. The van der Waals surface area contributed by atoms with Gasteiger partial charge in [-0.25, -0.2) is 4.98 Å². The number of hydrogen-bond donors (Lipinski definition) is 1. The Bertz CT molecular complexity index is 1160. The standard InChI is InChI=1S/C24H25BrN4OS/c1-16-26-24-29(27-16)23(30)22(31-24)21(19-7-9-20(25)10-8-19)28-13-11-18(12-14-28)15-17-5-3-2-4-6-17/h2-10,18,21,30H,11-15H2,1H3/t21-/m0/s1. The van der Waals surface area contributed by atoms with Crippen molar-refractivity contribution in [2.45, 2.75) is 32.2 Å². The lowest BCUT2D eigenvalue weighted by molar-refractivity contribution is 0.150. The van der Waals surface area contributed by atoms with Crippen molar-refractivity contribution in [2.75, 3.05) is 13.1 Å². The van der Waals surface area contributed by atoms with Gasteiger partial charge in [-0.2, -0.15) is 4.52 Å². The van der Waals surface area contributed by atoms with Crippen molar-refractivity contribution in [3.05, 3.63) is 80.9 Å². The minimum Gasteiger partial charge on any atom is -0.492 e. The molecule has 1 saturated heterocycles. The highest BCUT2D eigenvalue weighted by molar-refractivity contribution is 9.10. The number of aromatic hydroxyl groups is 1. The number of aromatic nitrogens is 3. The van der Waals surface area contributed by atoms with E-state index >= 15 is 0 Å². The molecule has 4 aromatic rings. The van der Waals surface area contributed by atoms with Gasteiger partial charge in [0, 0.05) is 4.47 Å². The lowest BCUT2D eigenvalue weighted by Crippen LogP contribution is -2.37. The Labute approximate surface area is 194 Å². The number of nitrogens with zero attached hydrogens (tertiary/aromatic N) is 4. The van der Waals surface area contributed by atoms with Gasteiger partial charge in [0.15, 0.2) is 0 Å². The highest BCUT2D eigenvalue weighted by atomic mass is 79.9. The molecule has 0 saturated carbocycles. The molecule has 3 heterocycles. The second-order valence-electron chi connectivity index (χ2n) is 8.27. The third-order valence-electron chi connectivity index (χ3n) is 6.12. The van der Waals surface area contributed by atoms with Gasteiger partial charge in [-0.15, -0.1) is 5.10 Å². The number of piperidine rings is 1. The fourth-order valence-corrected chi connectivity index (χ4v) is 5.99. The highest BCUT2D eigenvalue weighted by Crippen LogP contribution is 2.41. The number of hydrogen-bond acceptors (Lipinski definition) is 5. The first-order valence-corrected chi connectivity index (χ1v) is 12.3. The van der Waals surface area contributed by atoms with Gasteiger partial charge in [-0.05, 0) is 68.5 Å². The average Bonchev–Trinajstić information content (AvgIpc) is 3.29. The van der Waals surface area contributed by atoms with Crippen molar-refractivity contribution in [3.63, 3.8) is 0 Å². The summed E-state index contributed by atoms with van der Waals surface area (Å²) >= 11 is 5.08. The lowest BCUT2D eigenvalue weighted by atomic mass is 9.89. The second-order valence-corrected chi connectivity index (χ2v) is 10.2. The Kier molecular flexibility index (Phi) is 5.82. The van der Waals surface area contributed by atoms with E-state index in [0.29, 0.717) is 11.7 Å². The van der Waals surface area contributed by atoms with Crippen LogP contribution in [0.3, 0.4) is 0 Å². The summed E-state index contributed by atoms with van der Waals surface area (Å²) in [6.07, 6.45) is 3.45. The van der Waals surface area contributed by atoms with E-state index in [0.717, 1.165) is 46.7 Å². The molecule has 31 heavy (non-hydrogen) atoms. The second kappa shape index (κ2) is 8.73. The summed E-state index contributed by atoms with van der Waals surface area (Å²) in [6, 6.07) is 19.2. The molecule has 1 N–H and O–H groups in total. The number of rotatable bonds is 5. The average molecular weight is 497 g/mol. The van der Waals surface area contributed by atoms with Crippen molar-refractivity contribution >= 4 is 32.2 Å². The van der Waals surface area contributed by atoms with Crippen LogP contribution < -0.4 is 0 Å². The van der Waals surface area contributed by atoms with Gasteiger partial charge in [0.25, 0.3) is 0 Å². The van der Waals surface area contributed by atoms with Crippen LogP contribution in [0.5, 0.6) is 5.88 Å². The summed E-state index contributed by atoms with van der Waals surface area (Å²) in [4.78, 5) is 8.63. The van der Waals surface area contributed by atoms with Gasteiger partial charge in [0.1, 0.15) is 5.82 Å². The molecule has 0 spiro atoms. The molecule has 0 bridgehead atoms. The van der Waals surface area contributed by atoms with E-state index in [9.17, 15) is 5.11 Å². The zero-order chi connectivity index (χ0) is 21.4. The minimum absolute atomic E-state index is 0.000388. The van der Waals surface area contributed by atoms with Crippen LogP contribution in [0.4, 0.5) is 0 Å². The first kappa shape index (κ1) is 20.7. The van der Waals surface area contributed by atoms with Crippen molar-refractivity contribution in [1.82, 2.24) is 19.5 Å². The number of thiazole rings is 1. The van der Waals surface area contributed by atoms with Gasteiger partial charge in [-0.1, -0.05) is 69.7 Å². The van der Waals surface area contributed by atoms with Crippen LogP contribution in [0.15, 0.2) is 59.1 Å². The number of likely N-dealkylation sites (tertiary alicyclic amines) is 1. The zero-order valence-electron chi connectivity index (χ0n) is 17.4. The smallest absolute Gasteiger partial charge is 0.230 e. The Morgan fingerprint density at radius 1 is 1.10 bits per heavy atom. The first-order chi connectivity index (χ1) is 15.1. The van der Waals surface area contributed by atoms with Crippen LogP contribution in [0.1, 0.15) is 40.7 Å². The van der Waals surface area contributed by atoms with Crippen LogP contribution in [0.2, 0.25) is 0 Å². The molecule has 7 heteroatoms. The molecule has 0 aliphatic carbocycles. The highest BCUT2D eigenvalue weighted by Gasteiger charge is 2.32. The Balaban J connectivity index is 1.42. The molecule has 160 valence electrons. The molecule has 2 aromatic carbocycles. The molecule has 0 radical (unpaired) electrons. The number of fused-ring (bicyclic) bond motifs is 1. The molecular weight excluding hydrogens is 472 g/mol. The van der Waals surface area contributed by atoms with Crippen LogP contribution >= 0.6 is 27.3 Å². The number of benzene rings is 2. The molecule has 0 amide bonds. The molecule has 2 aromatic heterocycles. The van der Waals surface area contributed by atoms with Gasteiger partial charge < -0.3 is 5.11 Å². The van der Waals surface area contributed by atoms with Crippen molar-refractivity contribution in [2.24, 2.45) is 5.92 Å². The first-order valence-electron chi connectivity index (χ1n) is 10.7. The van der Waals surface area contributed by atoms with E-state index in [-0.39, 0.29) is 11.9 Å². The third-order valence-corrected chi connectivity index (χ3v) is 7.72. The molecule has 1 atom stereocenters. The molecule has 1 aliphatic rings. The molecule has 1 fully saturated rings. The summed E-state index contributed by atoms with van der Waals surface area (Å²) in [5.41, 5.74) is 2.60. The summed E-state index contributed by atoms with van der Waals surface area (Å²) in [7, 11) is 0. The maximum atomic E-state index is 11.0. The summed E-state index contributed by atoms with van der Waals surface area (Å²) < 4.78 is 2.63. The van der Waals surface area contributed by atoms with Crippen LogP contribution in [-0.4, -0.2) is 37.7 Å². The normalized spacial score (nSPS) is 16.7. The van der Waals surface area contributed by atoms with E-state index in [4.69, 9.17) is 0 Å². The van der Waals surface area contributed by atoms with Crippen LogP contribution in [-0.2, 0) is 6.42 Å². The van der Waals surface area contributed by atoms with E-state index in [1.54, 1.807) is 4.52 Å². The van der Waals surface area contributed by atoms with Gasteiger partial charge in [-0.3, -0.25) is 4.90 Å². The van der Waals surface area contributed by atoms with Crippen molar-refractivity contribution in [1.29, 1.82) is 0 Å². The number of aryl methyl sites for hydroxylation is 1. The Morgan fingerprint density at radius 3 is 2.48 bits per heavy atom. The number of halogens is 1. The predicted octanol–water partition coefficient (Wildman–Crippen LogP) is 5.61. The van der Waals surface area contributed by atoms with Gasteiger partial charge in [0.2, 0.25) is 10.8 Å². The van der Waals surface area contributed by atoms with E-state index in [2.05, 4.69) is 85.5 Å². The molecule has 1 aliphatic heterocycles. The quantitative estimate of drug-likeness (QED) is 0.390. The molecule has 5 nitrogen and oxygen atoms in total. The van der Waals surface area contributed by atoms with E-state index in [1.807, 2.05) is 6.92 Å².